The molecule has 0 radical (unpaired) electrons. The van der Waals surface area contributed by atoms with E-state index in [1.807, 2.05) is 0 Å². The number of amides is 1. The topological polar surface area (TPSA) is 115 Å². The first-order chi connectivity index (χ1) is 13.9. The molecule has 0 saturated carbocycles. The number of nitrogens with zero attached hydrogens (tertiary/aromatic N) is 3. The van der Waals surface area contributed by atoms with Crippen molar-refractivity contribution in [2.45, 2.75) is 31.6 Å². The van der Waals surface area contributed by atoms with Gasteiger partial charge in [0.25, 0.3) is 0 Å². The largest absolute Gasteiger partial charge is 0.497 e. The van der Waals surface area contributed by atoms with Gasteiger partial charge in [-0.3, -0.25) is 4.79 Å². The van der Waals surface area contributed by atoms with Crippen molar-refractivity contribution >= 4 is 15.7 Å². The van der Waals surface area contributed by atoms with Crippen LogP contribution < -0.4 is 10.1 Å². The first-order valence-corrected chi connectivity index (χ1v) is 11.2. The molecule has 0 unspecified atom stereocenters. The number of nitrogens with one attached hydrogen (secondary N) is 1. The van der Waals surface area contributed by atoms with E-state index >= 15 is 0 Å². The Hall–Kier alpha value is -2.46. The molecule has 1 N–H and O–H groups in total. The maximum Gasteiger partial charge on any atom is 0.315 e. The summed E-state index contributed by atoms with van der Waals surface area (Å²) in [6.07, 6.45) is 0.863. The number of rotatable bonds is 12. The van der Waals surface area contributed by atoms with E-state index in [0.29, 0.717) is 12.3 Å². The van der Waals surface area contributed by atoms with Crippen LogP contribution in [0, 0.1) is 0 Å². The number of sulfone groups is 1. The molecule has 0 bridgehead atoms. The molecule has 10 heteroatoms. The highest BCUT2D eigenvalue weighted by molar-refractivity contribution is 7.91. The second-order valence-electron chi connectivity index (χ2n) is 6.40. The summed E-state index contributed by atoms with van der Waals surface area (Å²) in [4.78, 5) is 18.5. The molecule has 0 aliphatic rings. The molecule has 1 amide bonds. The van der Waals surface area contributed by atoms with Crippen LogP contribution in [0.1, 0.15) is 36.8 Å². The fraction of sp³-hybridized carbons (Fsp3) is 0.526. The van der Waals surface area contributed by atoms with Gasteiger partial charge in [-0.05, 0) is 50.3 Å². The van der Waals surface area contributed by atoms with E-state index in [1.165, 1.54) is 19.2 Å². The molecular formula is C19H28N4O5S. The zero-order chi connectivity index (χ0) is 21.3. The van der Waals surface area contributed by atoms with Crippen molar-refractivity contribution in [1.29, 1.82) is 0 Å². The summed E-state index contributed by atoms with van der Waals surface area (Å²) in [5.74, 6) is -0.0553. The Morgan fingerprint density at radius 1 is 1.21 bits per heavy atom. The third kappa shape index (κ3) is 6.82. The minimum atomic E-state index is -3.51. The fourth-order valence-electron chi connectivity index (χ4n) is 2.69. The summed E-state index contributed by atoms with van der Waals surface area (Å²) >= 11 is 0. The predicted molar refractivity (Wildman–Crippen MR) is 108 cm³/mol. The van der Waals surface area contributed by atoms with Crippen LogP contribution in [0.5, 0.6) is 5.75 Å². The molecule has 0 fully saturated rings. The molecule has 29 heavy (non-hydrogen) atoms. The van der Waals surface area contributed by atoms with Crippen molar-refractivity contribution in [2.75, 3.05) is 39.0 Å². The lowest BCUT2D eigenvalue weighted by Gasteiger charge is -2.17. The number of methoxy groups -OCH3 is 1. The smallest absolute Gasteiger partial charge is 0.315 e. The van der Waals surface area contributed by atoms with E-state index in [4.69, 9.17) is 9.26 Å². The van der Waals surface area contributed by atoms with Crippen molar-refractivity contribution in [3.63, 3.8) is 0 Å². The molecule has 0 aliphatic heterocycles. The number of hydrogen-bond donors (Lipinski definition) is 1. The molecule has 160 valence electrons. The summed E-state index contributed by atoms with van der Waals surface area (Å²) in [6, 6.07) is 6.15. The van der Waals surface area contributed by atoms with Gasteiger partial charge in [0.1, 0.15) is 5.75 Å². The lowest BCUT2D eigenvalue weighted by molar-refractivity contribution is 0.0908. The highest BCUT2D eigenvalue weighted by Crippen LogP contribution is 2.17. The van der Waals surface area contributed by atoms with E-state index in [0.717, 1.165) is 26.1 Å². The van der Waals surface area contributed by atoms with Gasteiger partial charge in [0, 0.05) is 13.0 Å². The monoisotopic (exact) mass is 424 g/mol. The number of ether oxygens (including phenoxy) is 1. The molecule has 0 atom stereocenters. The number of carbonyl (C=O) groups is 1. The van der Waals surface area contributed by atoms with Gasteiger partial charge in [-0.15, -0.1) is 0 Å². The number of benzene rings is 1. The SMILES string of the molecule is CCN(CC)CCCNC(=O)c1nc(CCS(=O)(=O)c2ccc(OC)cc2)no1. The van der Waals surface area contributed by atoms with Gasteiger partial charge in [-0.2, -0.15) is 4.98 Å². The third-order valence-electron chi connectivity index (χ3n) is 4.51. The lowest BCUT2D eigenvalue weighted by atomic mass is 10.3. The first-order valence-electron chi connectivity index (χ1n) is 9.59. The van der Waals surface area contributed by atoms with Crippen LogP contribution in [0.4, 0.5) is 0 Å². The molecule has 0 spiro atoms. The van der Waals surface area contributed by atoms with E-state index < -0.39 is 15.7 Å². The number of aromatic nitrogens is 2. The minimum Gasteiger partial charge on any atom is -0.497 e. The van der Waals surface area contributed by atoms with Crippen LogP contribution in [0.2, 0.25) is 0 Å². The highest BCUT2D eigenvalue weighted by atomic mass is 32.2. The van der Waals surface area contributed by atoms with Crippen molar-refractivity contribution in [3.05, 3.63) is 36.0 Å². The van der Waals surface area contributed by atoms with Crippen molar-refractivity contribution < 1.29 is 22.5 Å². The number of carbonyl (C=O) groups excluding carboxylic acids is 1. The maximum atomic E-state index is 12.4. The second kappa shape index (κ2) is 10.9. The lowest BCUT2D eigenvalue weighted by Crippen LogP contribution is -2.30. The molecule has 2 aromatic rings. The Bertz CT molecular complexity index is 876. The summed E-state index contributed by atoms with van der Waals surface area (Å²) in [5, 5.41) is 6.44. The van der Waals surface area contributed by atoms with Crippen LogP contribution in [0.25, 0.3) is 0 Å². The standard InChI is InChI=1S/C19H28N4O5S/c1-4-23(5-2)13-6-12-20-18(24)19-21-17(22-28-19)11-14-29(25,26)16-9-7-15(27-3)8-10-16/h7-10H,4-6,11-14H2,1-3H3,(H,20,24). The molecule has 1 aromatic heterocycles. The van der Waals surface area contributed by atoms with Crippen molar-refractivity contribution in [2.24, 2.45) is 0 Å². The van der Waals surface area contributed by atoms with Gasteiger partial charge in [-0.1, -0.05) is 19.0 Å². The number of aryl methyl sites for hydroxylation is 1. The van der Waals surface area contributed by atoms with Crippen LogP contribution in [-0.2, 0) is 16.3 Å². The Morgan fingerprint density at radius 2 is 1.90 bits per heavy atom. The van der Waals surface area contributed by atoms with Gasteiger partial charge in [0.15, 0.2) is 15.7 Å². The van der Waals surface area contributed by atoms with Gasteiger partial charge < -0.3 is 19.5 Å². The average molecular weight is 425 g/mol. The average Bonchev–Trinajstić information content (AvgIpc) is 3.22. The fourth-order valence-corrected chi connectivity index (χ4v) is 3.93. The second-order valence-corrected chi connectivity index (χ2v) is 8.51. The van der Waals surface area contributed by atoms with Gasteiger partial charge >= 0.3 is 11.8 Å². The first kappa shape index (κ1) is 22.8. The third-order valence-corrected chi connectivity index (χ3v) is 6.24. The van der Waals surface area contributed by atoms with Crippen LogP contribution in [0.15, 0.2) is 33.7 Å². The Kier molecular flexibility index (Phi) is 8.59. The summed E-state index contributed by atoms with van der Waals surface area (Å²) in [6.45, 7) is 7.52. The van der Waals surface area contributed by atoms with Crippen molar-refractivity contribution in [3.8, 4) is 5.75 Å². The van der Waals surface area contributed by atoms with Gasteiger partial charge in [0.2, 0.25) is 0 Å². The van der Waals surface area contributed by atoms with Crippen LogP contribution in [0.3, 0.4) is 0 Å². The normalized spacial score (nSPS) is 11.6. The zero-order valence-electron chi connectivity index (χ0n) is 17.1. The zero-order valence-corrected chi connectivity index (χ0v) is 17.9. The molecule has 2 rings (SSSR count). The molecule has 1 heterocycles. The summed E-state index contributed by atoms with van der Waals surface area (Å²) in [7, 11) is -2.00. The Balaban J connectivity index is 1.83. The summed E-state index contributed by atoms with van der Waals surface area (Å²) in [5.41, 5.74) is 0. The number of hydrogen-bond acceptors (Lipinski definition) is 8. The van der Waals surface area contributed by atoms with Crippen molar-refractivity contribution in [1.82, 2.24) is 20.4 Å². The molecule has 9 nitrogen and oxygen atoms in total. The Labute approximate surface area is 171 Å². The molecule has 0 aliphatic carbocycles. The molecular weight excluding hydrogens is 396 g/mol. The van der Waals surface area contributed by atoms with E-state index in [-0.39, 0.29) is 28.8 Å². The van der Waals surface area contributed by atoms with E-state index in [9.17, 15) is 13.2 Å². The van der Waals surface area contributed by atoms with Crippen LogP contribution in [-0.4, -0.2) is 68.4 Å². The maximum absolute atomic E-state index is 12.4. The minimum absolute atomic E-state index is 0.0487. The molecule has 0 saturated heterocycles. The molecule has 1 aromatic carbocycles. The van der Waals surface area contributed by atoms with Crippen LogP contribution >= 0.6 is 0 Å². The van der Waals surface area contributed by atoms with E-state index in [2.05, 4.69) is 34.2 Å². The Morgan fingerprint density at radius 3 is 2.52 bits per heavy atom. The quantitative estimate of drug-likeness (QED) is 0.511. The van der Waals surface area contributed by atoms with Gasteiger partial charge in [-0.25, -0.2) is 8.42 Å². The highest BCUT2D eigenvalue weighted by Gasteiger charge is 2.19. The predicted octanol–water partition coefficient (Wildman–Crippen LogP) is 1.56. The van der Waals surface area contributed by atoms with Gasteiger partial charge in [0.05, 0.1) is 17.8 Å². The summed E-state index contributed by atoms with van der Waals surface area (Å²) < 4.78 is 34.8. The van der Waals surface area contributed by atoms with E-state index in [1.54, 1.807) is 12.1 Å².